The number of fused-ring (bicyclic) bond motifs is 1. The number of aromatic nitrogens is 1. The summed E-state index contributed by atoms with van der Waals surface area (Å²) in [4.78, 5) is 55.5. The van der Waals surface area contributed by atoms with Crippen molar-refractivity contribution >= 4 is 45.6 Å². The van der Waals surface area contributed by atoms with Crippen LogP contribution in [0.25, 0.3) is 0 Å². The monoisotopic (exact) mass is 476 g/mol. The lowest BCUT2D eigenvalue weighted by Gasteiger charge is -2.52. The Kier molecular flexibility index (Phi) is 6.19. The molecule has 170 valence electrons. The van der Waals surface area contributed by atoms with E-state index in [0.717, 1.165) is 23.5 Å². The van der Waals surface area contributed by atoms with Crippen LogP contribution in [0.3, 0.4) is 0 Å². The van der Waals surface area contributed by atoms with Gasteiger partial charge in [-0.1, -0.05) is 17.8 Å². The van der Waals surface area contributed by atoms with Crippen LogP contribution in [-0.2, 0) is 25.8 Å². The van der Waals surface area contributed by atoms with Crippen molar-refractivity contribution in [2.45, 2.75) is 56.5 Å². The highest BCUT2D eigenvalue weighted by Crippen LogP contribution is 2.62. The Morgan fingerprint density at radius 1 is 1.22 bits per heavy atom. The Bertz CT molecular complexity index is 1040. The summed E-state index contributed by atoms with van der Waals surface area (Å²) < 4.78 is 0. The van der Waals surface area contributed by atoms with E-state index in [1.165, 1.54) is 43.8 Å². The van der Waals surface area contributed by atoms with Crippen molar-refractivity contribution in [3.8, 4) is 6.07 Å². The molecule has 2 saturated heterocycles. The molecule has 0 aliphatic carbocycles. The summed E-state index contributed by atoms with van der Waals surface area (Å²) in [5.74, 6) is -1.05. The summed E-state index contributed by atoms with van der Waals surface area (Å²) in [6, 6.07) is 4.60. The molecule has 2 aliphatic heterocycles. The lowest BCUT2D eigenvalue weighted by Crippen LogP contribution is -2.71. The zero-order chi connectivity index (χ0) is 24.1. The molecule has 0 spiro atoms. The molecule has 3 rings (SSSR count). The van der Waals surface area contributed by atoms with Gasteiger partial charge in [0.1, 0.15) is 0 Å². The molecule has 2 amide bonds. The summed E-state index contributed by atoms with van der Waals surface area (Å²) in [6.07, 6.45) is 1.40. The van der Waals surface area contributed by atoms with Gasteiger partial charge < -0.3 is 14.9 Å². The number of hydrogen-bond donors (Lipinski definition) is 1. The molecule has 32 heavy (non-hydrogen) atoms. The maximum atomic E-state index is 14.0. The molecule has 1 aromatic heterocycles. The van der Waals surface area contributed by atoms with E-state index in [-0.39, 0.29) is 23.3 Å². The lowest BCUT2D eigenvalue weighted by molar-refractivity contribution is -0.163. The minimum atomic E-state index is -1.63. The van der Waals surface area contributed by atoms with Crippen LogP contribution in [-0.4, -0.2) is 58.7 Å². The van der Waals surface area contributed by atoms with Crippen LogP contribution in [0.2, 0.25) is 0 Å². The molecule has 11 heteroatoms. The number of pyridine rings is 1. The molecule has 2 fully saturated rings. The van der Waals surface area contributed by atoms with Crippen LogP contribution in [0.1, 0.15) is 51.4 Å². The van der Waals surface area contributed by atoms with Gasteiger partial charge in [0.05, 0.1) is 29.8 Å². The van der Waals surface area contributed by atoms with Crippen LogP contribution >= 0.6 is 23.5 Å². The largest absolute Gasteiger partial charge is 0.390 e. The normalized spacial score (nSPS) is 32.0. The molecule has 0 radical (unpaired) electrons. The van der Waals surface area contributed by atoms with E-state index in [2.05, 4.69) is 11.1 Å². The SMILES string of the molecule is CC(=O)S[C@@]1(C)C(=O)N2C(c3ccc(CO)nc3)[C@@](C)(C#N)C[C@]2(SC(C)=O)C(=O)N1C. The first-order valence-electron chi connectivity index (χ1n) is 9.84. The number of carbonyl (C=O) groups is 4. The fourth-order valence-corrected chi connectivity index (χ4v) is 6.85. The summed E-state index contributed by atoms with van der Waals surface area (Å²) in [5, 5.41) is 18.7. The topological polar surface area (TPSA) is 132 Å². The third-order valence-electron chi connectivity index (χ3n) is 5.99. The number of nitriles is 1. The van der Waals surface area contributed by atoms with Crippen molar-refractivity contribution in [2.75, 3.05) is 7.05 Å². The molecule has 1 aromatic rings. The molecule has 0 saturated carbocycles. The average molecular weight is 477 g/mol. The van der Waals surface area contributed by atoms with Gasteiger partial charge in [-0.05, 0) is 37.2 Å². The third kappa shape index (κ3) is 3.50. The number of hydrogen-bond acceptors (Lipinski definition) is 9. The van der Waals surface area contributed by atoms with Crippen molar-refractivity contribution in [3.63, 3.8) is 0 Å². The number of thioether (sulfide) groups is 2. The summed E-state index contributed by atoms with van der Waals surface area (Å²) in [6.45, 7) is 5.49. The molecule has 0 bridgehead atoms. The molecular weight excluding hydrogens is 452 g/mol. The second-order valence-corrected chi connectivity index (χ2v) is 11.4. The van der Waals surface area contributed by atoms with Gasteiger partial charge in [0.25, 0.3) is 11.8 Å². The fraction of sp³-hybridized carbons (Fsp3) is 0.524. The minimum absolute atomic E-state index is 0.0666. The van der Waals surface area contributed by atoms with Gasteiger partial charge in [0.15, 0.2) is 20.0 Å². The Balaban J connectivity index is 2.29. The predicted octanol–water partition coefficient (Wildman–Crippen LogP) is 1.82. The van der Waals surface area contributed by atoms with Crippen molar-refractivity contribution in [3.05, 3.63) is 29.6 Å². The van der Waals surface area contributed by atoms with Gasteiger partial charge >= 0.3 is 0 Å². The molecule has 1 N–H and O–H groups in total. The highest BCUT2D eigenvalue weighted by molar-refractivity contribution is 8.16. The van der Waals surface area contributed by atoms with E-state index in [9.17, 15) is 29.5 Å². The number of carbonyl (C=O) groups excluding carboxylic acids is 4. The van der Waals surface area contributed by atoms with E-state index >= 15 is 0 Å². The van der Waals surface area contributed by atoms with Crippen LogP contribution in [0.5, 0.6) is 0 Å². The first-order valence-corrected chi connectivity index (χ1v) is 11.5. The summed E-state index contributed by atoms with van der Waals surface area (Å²) in [7, 11) is 1.44. The quantitative estimate of drug-likeness (QED) is 0.691. The van der Waals surface area contributed by atoms with E-state index in [4.69, 9.17) is 0 Å². The van der Waals surface area contributed by atoms with E-state index < -0.39 is 33.0 Å². The molecular formula is C21H24N4O5S2. The molecule has 3 heterocycles. The highest BCUT2D eigenvalue weighted by atomic mass is 32.2. The summed E-state index contributed by atoms with van der Waals surface area (Å²) in [5.41, 5.74) is -0.311. The van der Waals surface area contributed by atoms with Crippen molar-refractivity contribution in [1.29, 1.82) is 5.26 Å². The Hall–Kier alpha value is -2.42. The maximum absolute atomic E-state index is 14.0. The van der Waals surface area contributed by atoms with E-state index in [1.807, 2.05) is 0 Å². The number of rotatable bonds is 4. The number of aliphatic hydroxyl groups is 1. The van der Waals surface area contributed by atoms with Gasteiger partial charge in [-0.15, -0.1) is 0 Å². The Labute approximate surface area is 194 Å². The Morgan fingerprint density at radius 3 is 2.31 bits per heavy atom. The third-order valence-corrected chi connectivity index (χ3v) is 8.26. The first kappa shape index (κ1) is 24.2. The van der Waals surface area contributed by atoms with Gasteiger partial charge in [0, 0.05) is 33.5 Å². The molecule has 9 nitrogen and oxygen atoms in total. The Morgan fingerprint density at radius 2 is 1.84 bits per heavy atom. The number of nitrogens with zero attached hydrogens (tertiary/aromatic N) is 4. The fourth-order valence-electron chi connectivity index (χ4n) is 4.52. The maximum Gasteiger partial charge on any atom is 0.261 e. The second-order valence-electron chi connectivity index (χ2n) is 8.34. The average Bonchev–Trinajstić information content (AvgIpc) is 3.00. The summed E-state index contributed by atoms with van der Waals surface area (Å²) >= 11 is 1.45. The zero-order valence-corrected chi connectivity index (χ0v) is 20.0. The van der Waals surface area contributed by atoms with Gasteiger partial charge in [-0.25, -0.2) is 0 Å². The number of likely N-dealkylation sites (N-methyl/N-ethyl adjacent to an activating group) is 1. The van der Waals surface area contributed by atoms with Gasteiger partial charge in [-0.3, -0.25) is 24.2 Å². The van der Waals surface area contributed by atoms with Crippen molar-refractivity contribution < 1.29 is 24.3 Å². The molecule has 4 atom stereocenters. The molecule has 0 aromatic carbocycles. The minimum Gasteiger partial charge on any atom is -0.390 e. The van der Waals surface area contributed by atoms with Gasteiger partial charge in [-0.2, -0.15) is 5.26 Å². The van der Waals surface area contributed by atoms with Crippen molar-refractivity contribution in [1.82, 2.24) is 14.8 Å². The molecule has 1 unspecified atom stereocenters. The smallest absolute Gasteiger partial charge is 0.261 e. The standard InChI is InChI=1S/C21H24N4O5S2/c1-12(27)31-20(4)17(29)25-16(14-6-7-15(9-26)23-8-14)19(3,11-22)10-21(25,32-13(2)28)18(30)24(20)5/h6-8,16,26H,9-10H2,1-5H3/t16?,19-,20+,21+/m1/s1. The van der Waals surface area contributed by atoms with Gasteiger partial charge in [0.2, 0.25) is 0 Å². The number of aliphatic hydroxyl groups excluding tert-OH is 1. The van der Waals surface area contributed by atoms with Crippen LogP contribution in [0.4, 0.5) is 0 Å². The highest BCUT2D eigenvalue weighted by Gasteiger charge is 2.71. The zero-order valence-electron chi connectivity index (χ0n) is 18.4. The van der Waals surface area contributed by atoms with Crippen LogP contribution < -0.4 is 0 Å². The number of amides is 2. The lowest BCUT2D eigenvalue weighted by atomic mass is 9.80. The first-order chi connectivity index (χ1) is 14.9. The van der Waals surface area contributed by atoms with Crippen LogP contribution in [0.15, 0.2) is 18.3 Å². The van der Waals surface area contributed by atoms with Crippen molar-refractivity contribution in [2.24, 2.45) is 5.41 Å². The predicted molar refractivity (Wildman–Crippen MR) is 119 cm³/mol. The van der Waals surface area contributed by atoms with E-state index in [0.29, 0.717) is 11.3 Å². The van der Waals surface area contributed by atoms with E-state index in [1.54, 1.807) is 19.1 Å². The molecule has 2 aliphatic rings. The number of piperazine rings is 1. The van der Waals surface area contributed by atoms with Crippen LogP contribution in [0, 0.1) is 16.7 Å². The second kappa shape index (κ2) is 8.17.